The van der Waals surface area contributed by atoms with E-state index in [1.807, 2.05) is 4.72 Å². The lowest BCUT2D eigenvalue weighted by Gasteiger charge is -2.09. The molecular formula is C10H11FN2O6S. The van der Waals surface area contributed by atoms with Crippen LogP contribution in [0.5, 0.6) is 0 Å². The Morgan fingerprint density at radius 2 is 2.05 bits per heavy atom. The van der Waals surface area contributed by atoms with Gasteiger partial charge < -0.3 is 9.84 Å². The molecule has 3 N–H and O–H groups in total. The molecule has 0 saturated heterocycles. The highest BCUT2D eigenvalue weighted by molar-refractivity contribution is 7.91. The van der Waals surface area contributed by atoms with Gasteiger partial charge in [0.25, 0.3) is 0 Å². The second-order valence-electron chi connectivity index (χ2n) is 3.43. The third-order valence-corrected chi connectivity index (χ3v) is 2.88. The second-order valence-corrected chi connectivity index (χ2v) is 4.84. The predicted octanol–water partition coefficient (Wildman–Crippen LogP) is 0.927. The summed E-state index contributed by atoms with van der Waals surface area (Å²) in [6, 6.07) is 2.60. The molecule has 0 aliphatic heterocycles. The van der Waals surface area contributed by atoms with Crippen LogP contribution in [0.2, 0.25) is 0 Å². The third-order valence-electron chi connectivity index (χ3n) is 1.94. The van der Waals surface area contributed by atoms with Crippen LogP contribution >= 0.6 is 0 Å². The van der Waals surface area contributed by atoms with E-state index in [1.165, 1.54) is 11.6 Å². The Hall–Kier alpha value is -2.36. The molecule has 10 heteroatoms. The van der Waals surface area contributed by atoms with Crippen LogP contribution in [0.1, 0.15) is 17.3 Å². The van der Waals surface area contributed by atoms with Crippen LogP contribution in [0.15, 0.2) is 18.2 Å². The van der Waals surface area contributed by atoms with E-state index in [-0.39, 0.29) is 12.3 Å². The van der Waals surface area contributed by atoms with E-state index in [1.54, 1.807) is 0 Å². The normalized spacial score (nSPS) is 10.7. The molecule has 20 heavy (non-hydrogen) atoms. The van der Waals surface area contributed by atoms with E-state index < -0.39 is 33.7 Å². The summed E-state index contributed by atoms with van der Waals surface area (Å²) in [6.07, 6.45) is -1.19. The van der Waals surface area contributed by atoms with Crippen LogP contribution in [0.25, 0.3) is 0 Å². The number of ether oxygens (including phenoxy) is 1. The Balaban J connectivity index is 2.85. The van der Waals surface area contributed by atoms with Crippen molar-refractivity contribution in [3.05, 3.63) is 29.6 Å². The Bertz CT molecular complexity index is 631. The van der Waals surface area contributed by atoms with Crippen LogP contribution in [0.3, 0.4) is 0 Å². The van der Waals surface area contributed by atoms with E-state index in [0.717, 1.165) is 12.1 Å². The van der Waals surface area contributed by atoms with E-state index in [4.69, 9.17) is 5.11 Å². The first-order chi connectivity index (χ1) is 9.25. The summed E-state index contributed by atoms with van der Waals surface area (Å²) in [4.78, 5) is 21.5. The van der Waals surface area contributed by atoms with E-state index in [0.29, 0.717) is 6.07 Å². The molecule has 0 saturated carbocycles. The molecule has 0 spiro atoms. The first kappa shape index (κ1) is 15.7. The molecule has 110 valence electrons. The summed E-state index contributed by atoms with van der Waals surface area (Å²) in [7, 11) is -4.29. The van der Waals surface area contributed by atoms with Gasteiger partial charge in [0.1, 0.15) is 5.82 Å². The maximum atomic E-state index is 13.3. The smallest absolute Gasteiger partial charge is 0.422 e. The van der Waals surface area contributed by atoms with Crippen molar-refractivity contribution < 1.29 is 32.2 Å². The van der Waals surface area contributed by atoms with Gasteiger partial charge in [-0.2, -0.15) is 8.42 Å². The van der Waals surface area contributed by atoms with Crippen LogP contribution in [0, 0.1) is 5.82 Å². The number of anilines is 1. The lowest BCUT2D eigenvalue weighted by molar-refractivity contribution is 0.0692. The zero-order valence-electron chi connectivity index (χ0n) is 10.2. The number of nitrogens with one attached hydrogen (secondary N) is 2. The van der Waals surface area contributed by atoms with Gasteiger partial charge in [-0.3, -0.25) is 4.72 Å². The SMILES string of the molecule is CCOC(=O)NS(=O)(=O)Nc1ccc(C(=O)O)c(F)c1. The van der Waals surface area contributed by atoms with E-state index >= 15 is 0 Å². The van der Waals surface area contributed by atoms with Gasteiger partial charge in [0.05, 0.1) is 17.9 Å². The number of carbonyl (C=O) groups excluding carboxylic acids is 1. The average Bonchev–Trinajstić information content (AvgIpc) is 2.26. The Kier molecular flexibility index (Phi) is 4.86. The zero-order valence-corrected chi connectivity index (χ0v) is 11.0. The van der Waals surface area contributed by atoms with E-state index in [9.17, 15) is 22.4 Å². The summed E-state index contributed by atoms with van der Waals surface area (Å²) >= 11 is 0. The van der Waals surface area contributed by atoms with E-state index in [2.05, 4.69) is 4.74 Å². The molecule has 0 heterocycles. The van der Waals surface area contributed by atoms with Crippen LogP contribution in [-0.4, -0.2) is 32.2 Å². The number of benzene rings is 1. The fourth-order valence-electron chi connectivity index (χ4n) is 1.20. The van der Waals surface area contributed by atoms with Crippen molar-refractivity contribution in [3.63, 3.8) is 0 Å². The minimum Gasteiger partial charge on any atom is -0.478 e. The molecular weight excluding hydrogens is 295 g/mol. The average molecular weight is 306 g/mol. The molecule has 0 radical (unpaired) electrons. The molecule has 0 unspecified atom stereocenters. The standard InChI is InChI=1S/C10H11FN2O6S/c1-2-19-10(16)13-20(17,18)12-6-3-4-7(9(14)15)8(11)5-6/h3-5,12H,2H2,1H3,(H,13,16)(H,14,15). The largest absolute Gasteiger partial charge is 0.478 e. The molecule has 1 aromatic rings. The zero-order chi connectivity index (χ0) is 15.3. The van der Waals surface area contributed by atoms with Gasteiger partial charge >= 0.3 is 22.3 Å². The molecule has 0 fully saturated rings. The molecule has 1 amide bonds. The van der Waals surface area contributed by atoms with Crippen molar-refractivity contribution >= 4 is 28.0 Å². The van der Waals surface area contributed by atoms with Crippen molar-refractivity contribution in [3.8, 4) is 0 Å². The second kappa shape index (κ2) is 6.19. The first-order valence-corrected chi connectivity index (χ1v) is 6.73. The quantitative estimate of drug-likeness (QED) is 0.743. The molecule has 8 nitrogen and oxygen atoms in total. The molecule has 0 bridgehead atoms. The number of hydrogen-bond donors (Lipinski definition) is 3. The Morgan fingerprint density at radius 3 is 2.55 bits per heavy atom. The number of hydrogen-bond acceptors (Lipinski definition) is 5. The highest BCUT2D eigenvalue weighted by Gasteiger charge is 2.17. The minimum atomic E-state index is -4.29. The fourth-order valence-corrected chi connectivity index (χ4v) is 1.97. The summed E-state index contributed by atoms with van der Waals surface area (Å²) in [5.74, 6) is -2.60. The highest BCUT2D eigenvalue weighted by Crippen LogP contribution is 2.15. The minimum absolute atomic E-state index is 0.0245. The number of halogens is 1. The van der Waals surface area contributed by atoms with Gasteiger partial charge in [-0.15, -0.1) is 0 Å². The summed E-state index contributed by atoms with van der Waals surface area (Å²) in [5.41, 5.74) is -0.851. The number of aromatic carboxylic acids is 1. The highest BCUT2D eigenvalue weighted by atomic mass is 32.2. The molecule has 0 aliphatic rings. The van der Waals surface area contributed by atoms with Crippen molar-refractivity contribution in [1.82, 2.24) is 4.72 Å². The monoisotopic (exact) mass is 306 g/mol. The molecule has 1 aromatic carbocycles. The van der Waals surface area contributed by atoms with Crippen LogP contribution in [0.4, 0.5) is 14.9 Å². The van der Waals surface area contributed by atoms with Gasteiger partial charge in [-0.1, -0.05) is 0 Å². The lowest BCUT2D eigenvalue weighted by atomic mass is 10.2. The van der Waals surface area contributed by atoms with Gasteiger partial charge in [-0.05, 0) is 25.1 Å². The Morgan fingerprint density at radius 1 is 1.40 bits per heavy atom. The number of rotatable bonds is 5. The van der Waals surface area contributed by atoms with Gasteiger partial charge in [-0.25, -0.2) is 18.7 Å². The van der Waals surface area contributed by atoms with Gasteiger partial charge in [0.15, 0.2) is 0 Å². The lowest BCUT2D eigenvalue weighted by Crippen LogP contribution is -2.35. The Labute approximate surface area is 113 Å². The summed E-state index contributed by atoms with van der Waals surface area (Å²) in [6.45, 7) is 1.46. The van der Waals surface area contributed by atoms with Crippen molar-refractivity contribution in [2.75, 3.05) is 11.3 Å². The van der Waals surface area contributed by atoms with Gasteiger partial charge in [0, 0.05) is 0 Å². The van der Waals surface area contributed by atoms with Crippen molar-refractivity contribution in [1.29, 1.82) is 0 Å². The van der Waals surface area contributed by atoms with Crippen LogP contribution in [-0.2, 0) is 14.9 Å². The van der Waals surface area contributed by atoms with Gasteiger partial charge in [0.2, 0.25) is 0 Å². The fraction of sp³-hybridized carbons (Fsp3) is 0.200. The third kappa shape index (κ3) is 4.39. The molecule has 0 aromatic heterocycles. The van der Waals surface area contributed by atoms with Crippen molar-refractivity contribution in [2.45, 2.75) is 6.92 Å². The topological polar surface area (TPSA) is 122 Å². The maximum Gasteiger partial charge on any atom is 0.422 e. The molecule has 1 rings (SSSR count). The first-order valence-electron chi connectivity index (χ1n) is 5.25. The number of carboxylic acids is 1. The molecule has 0 aliphatic carbocycles. The molecule has 0 atom stereocenters. The predicted molar refractivity (Wildman–Crippen MR) is 66.1 cm³/mol. The number of carbonyl (C=O) groups is 2. The summed E-state index contributed by atoms with van der Waals surface area (Å²) < 4.78 is 44.0. The maximum absolute atomic E-state index is 13.3. The number of amides is 1. The summed E-state index contributed by atoms with van der Waals surface area (Å²) in [5, 5.41) is 8.61. The van der Waals surface area contributed by atoms with Crippen molar-refractivity contribution in [2.24, 2.45) is 0 Å². The van der Waals surface area contributed by atoms with Crippen LogP contribution < -0.4 is 9.44 Å². The number of carboxylic acid groups (broad SMARTS) is 1.